The maximum atomic E-state index is 11.7. The van der Waals surface area contributed by atoms with Crippen molar-refractivity contribution in [2.45, 2.75) is 25.0 Å². The Morgan fingerprint density at radius 1 is 1.22 bits per heavy atom. The molecular formula is C17H25N3O3. The minimum atomic E-state index is -0.498. The average molecular weight is 319 g/mol. The maximum Gasteiger partial charge on any atom is 0.317 e. The zero-order valence-corrected chi connectivity index (χ0v) is 13.4. The van der Waals surface area contributed by atoms with E-state index in [1.807, 2.05) is 35.2 Å². The predicted molar refractivity (Wildman–Crippen MR) is 87.5 cm³/mol. The van der Waals surface area contributed by atoms with Crippen LogP contribution in [-0.4, -0.2) is 72.4 Å². The van der Waals surface area contributed by atoms with Gasteiger partial charge in [-0.15, -0.1) is 0 Å². The van der Waals surface area contributed by atoms with E-state index >= 15 is 0 Å². The second-order valence-electron chi connectivity index (χ2n) is 6.23. The van der Waals surface area contributed by atoms with Gasteiger partial charge in [0.25, 0.3) is 0 Å². The Hall–Kier alpha value is -1.79. The lowest BCUT2D eigenvalue weighted by molar-refractivity contribution is 0.0508. The standard InChI is InChI=1S/C17H25N3O3/c21-15(13-23-16-4-2-1-3-5-16)12-19-9-6-14(7-10-19)20-11-8-18-17(20)22/h1-5,14-15,21H,6-13H2,(H,18,22)/t15-/m1/s1. The number of carbonyl (C=O) groups is 1. The molecule has 0 radical (unpaired) electrons. The number of nitrogens with zero attached hydrogens (tertiary/aromatic N) is 2. The molecule has 23 heavy (non-hydrogen) atoms. The number of aliphatic hydroxyl groups is 1. The lowest BCUT2D eigenvalue weighted by Crippen LogP contribution is -2.48. The normalized spacial score (nSPS) is 21.3. The fraction of sp³-hybridized carbons (Fsp3) is 0.588. The van der Waals surface area contributed by atoms with E-state index in [4.69, 9.17) is 4.74 Å². The largest absolute Gasteiger partial charge is 0.491 e. The molecule has 2 amide bonds. The molecule has 2 aliphatic heterocycles. The van der Waals surface area contributed by atoms with Gasteiger partial charge in [0.1, 0.15) is 18.5 Å². The Labute approximate surface area is 137 Å². The number of aliphatic hydroxyl groups excluding tert-OH is 1. The number of hydrogen-bond donors (Lipinski definition) is 2. The van der Waals surface area contributed by atoms with Crippen molar-refractivity contribution in [2.75, 3.05) is 39.3 Å². The number of piperidine rings is 1. The minimum Gasteiger partial charge on any atom is -0.491 e. The van der Waals surface area contributed by atoms with Crippen LogP contribution >= 0.6 is 0 Å². The van der Waals surface area contributed by atoms with Crippen LogP contribution in [0, 0.1) is 0 Å². The molecule has 0 unspecified atom stereocenters. The molecular weight excluding hydrogens is 294 g/mol. The highest BCUT2D eigenvalue weighted by atomic mass is 16.5. The Morgan fingerprint density at radius 2 is 1.96 bits per heavy atom. The maximum absolute atomic E-state index is 11.7. The highest BCUT2D eigenvalue weighted by Gasteiger charge is 2.30. The summed E-state index contributed by atoms with van der Waals surface area (Å²) in [5.41, 5.74) is 0. The van der Waals surface area contributed by atoms with Crippen LogP contribution < -0.4 is 10.1 Å². The average Bonchev–Trinajstić information content (AvgIpc) is 3.01. The van der Waals surface area contributed by atoms with Crippen LogP contribution in [0.15, 0.2) is 30.3 Å². The molecule has 2 aliphatic rings. The summed E-state index contributed by atoms with van der Waals surface area (Å²) in [6.07, 6.45) is 1.45. The van der Waals surface area contributed by atoms with Gasteiger partial charge in [-0.25, -0.2) is 4.79 Å². The van der Waals surface area contributed by atoms with Gasteiger partial charge in [0, 0.05) is 38.8 Å². The number of rotatable bonds is 6. The quantitative estimate of drug-likeness (QED) is 0.818. The summed E-state index contributed by atoms with van der Waals surface area (Å²) < 4.78 is 5.59. The highest BCUT2D eigenvalue weighted by Crippen LogP contribution is 2.18. The van der Waals surface area contributed by atoms with E-state index in [0.717, 1.165) is 44.8 Å². The van der Waals surface area contributed by atoms with Crippen molar-refractivity contribution in [1.29, 1.82) is 0 Å². The molecule has 1 aromatic rings. The number of β-amino-alcohol motifs (C(OH)–C–C–N with tert-alkyl or cyclic N) is 1. The summed E-state index contributed by atoms with van der Waals surface area (Å²) in [6, 6.07) is 9.96. The predicted octanol–water partition coefficient (Wildman–Crippen LogP) is 0.916. The van der Waals surface area contributed by atoms with Crippen molar-refractivity contribution >= 4 is 6.03 Å². The van der Waals surface area contributed by atoms with Gasteiger partial charge in [-0.1, -0.05) is 18.2 Å². The fourth-order valence-electron chi connectivity index (χ4n) is 3.31. The van der Waals surface area contributed by atoms with Crippen molar-refractivity contribution in [3.63, 3.8) is 0 Å². The number of urea groups is 1. The van der Waals surface area contributed by atoms with E-state index in [1.165, 1.54) is 0 Å². The molecule has 0 bridgehead atoms. The molecule has 2 saturated heterocycles. The molecule has 2 N–H and O–H groups in total. The van der Waals surface area contributed by atoms with E-state index in [2.05, 4.69) is 10.2 Å². The molecule has 1 aromatic carbocycles. The number of carbonyl (C=O) groups excluding carboxylic acids is 1. The SMILES string of the molecule is O=C1NCCN1C1CCN(C[C@@H](O)COc2ccccc2)CC1. The summed E-state index contributed by atoms with van der Waals surface area (Å²) in [5.74, 6) is 0.783. The second kappa shape index (κ2) is 7.66. The molecule has 3 rings (SSSR count). The van der Waals surface area contributed by atoms with Gasteiger partial charge in [0.15, 0.2) is 0 Å². The van der Waals surface area contributed by atoms with Crippen LogP contribution in [0.5, 0.6) is 5.75 Å². The van der Waals surface area contributed by atoms with Crippen LogP contribution in [0.25, 0.3) is 0 Å². The Morgan fingerprint density at radius 3 is 2.61 bits per heavy atom. The number of benzene rings is 1. The Kier molecular flexibility index (Phi) is 5.35. The van der Waals surface area contributed by atoms with Gasteiger partial charge >= 0.3 is 6.03 Å². The first-order chi connectivity index (χ1) is 11.2. The molecule has 6 heteroatoms. The summed E-state index contributed by atoms with van der Waals surface area (Å²) >= 11 is 0. The number of hydrogen-bond acceptors (Lipinski definition) is 4. The van der Waals surface area contributed by atoms with Gasteiger partial charge in [-0.2, -0.15) is 0 Å². The number of nitrogens with one attached hydrogen (secondary N) is 1. The smallest absolute Gasteiger partial charge is 0.317 e. The van der Waals surface area contributed by atoms with Crippen molar-refractivity contribution in [3.05, 3.63) is 30.3 Å². The lowest BCUT2D eigenvalue weighted by atomic mass is 10.0. The Bertz CT molecular complexity index is 503. The fourth-order valence-corrected chi connectivity index (χ4v) is 3.31. The monoisotopic (exact) mass is 319 g/mol. The van der Waals surface area contributed by atoms with E-state index in [-0.39, 0.29) is 6.03 Å². The molecule has 2 heterocycles. The van der Waals surface area contributed by atoms with E-state index in [9.17, 15) is 9.90 Å². The second-order valence-corrected chi connectivity index (χ2v) is 6.23. The van der Waals surface area contributed by atoms with E-state index in [0.29, 0.717) is 19.2 Å². The van der Waals surface area contributed by atoms with Crippen molar-refractivity contribution in [2.24, 2.45) is 0 Å². The third kappa shape index (κ3) is 4.36. The highest BCUT2D eigenvalue weighted by molar-refractivity contribution is 5.76. The molecule has 0 aromatic heterocycles. The van der Waals surface area contributed by atoms with Crippen LogP contribution in [0.2, 0.25) is 0 Å². The zero-order chi connectivity index (χ0) is 16.1. The molecule has 6 nitrogen and oxygen atoms in total. The van der Waals surface area contributed by atoms with Crippen LogP contribution in [0.4, 0.5) is 4.79 Å². The number of likely N-dealkylation sites (tertiary alicyclic amines) is 1. The number of ether oxygens (including phenoxy) is 1. The first-order valence-electron chi connectivity index (χ1n) is 8.35. The van der Waals surface area contributed by atoms with Gasteiger partial charge in [-0.05, 0) is 25.0 Å². The molecule has 0 saturated carbocycles. The van der Waals surface area contributed by atoms with Gasteiger partial charge < -0.3 is 25.0 Å². The van der Waals surface area contributed by atoms with E-state index < -0.39 is 6.10 Å². The van der Waals surface area contributed by atoms with Crippen LogP contribution in [-0.2, 0) is 0 Å². The third-order valence-electron chi connectivity index (χ3n) is 4.54. The first kappa shape index (κ1) is 16.1. The molecule has 2 fully saturated rings. The Balaban J connectivity index is 1.37. The van der Waals surface area contributed by atoms with Crippen molar-refractivity contribution < 1.29 is 14.6 Å². The van der Waals surface area contributed by atoms with E-state index in [1.54, 1.807) is 0 Å². The molecule has 0 aliphatic carbocycles. The number of para-hydroxylation sites is 1. The van der Waals surface area contributed by atoms with Crippen LogP contribution in [0.3, 0.4) is 0 Å². The molecule has 126 valence electrons. The first-order valence-corrected chi connectivity index (χ1v) is 8.35. The third-order valence-corrected chi connectivity index (χ3v) is 4.54. The topological polar surface area (TPSA) is 65.0 Å². The van der Waals surface area contributed by atoms with Gasteiger partial charge in [0.05, 0.1) is 0 Å². The summed E-state index contributed by atoms with van der Waals surface area (Å²) in [4.78, 5) is 15.9. The summed E-state index contributed by atoms with van der Waals surface area (Å²) in [5, 5.41) is 13.0. The zero-order valence-electron chi connectivity index (χ0n) is 13.4. The summed E-state index contributed by atoms with van der Waals surface area (Å²) in [6.45, 7) is 4.32. The minimum absolute atomic E-state index is 0.0692. The molecule has 1 atom stereocenters. The van der Waals surface area contributed by atoms with Crippen molar-refractivity contribution in [3.8, 4) is 5.75 Å². The number of amides is 2. The summed E-state index contributed by atoms with van der Waals surface area (Å²) in [7, 11) is 0. The van der Waals surface area contributed by atoms with Gasteiger partial charge in [0.2, 0.25) is 0 Å². The van der Waals surface area contributed by atoms with Crippen LogP contribution in [0.1, 0.15) is 12.8 Å². The lowest BCUT2D eigenvalue weighted by Gasteiger charge is -2.36. The molecule has 0 spiro atoms. The van der Waals surface area contributed by atoms with Gasteiger partial charge in [-0.3, -0.25) is 0 Å². The van der Waals surface area contributed by atoms with Crippen molar-refractivity contribution in [1.82, 2.24) is 15.1 Å².